The van der Waals surface area contributed by atoms with Gasteiger partial charge in [0, 0.05) is 82.2 Å². The van der Waals surface area contributed by atoms with E-state index in [2.05, 4.69) is 9.97 Å². The quantitative estimate of drug-likeness (QED) is 0.293. The third kappa shape index (κ3) is 10.9. The molecule has 2 rings (SSSR count). The van der Waals surface area contributed by atoms with Crippen molar-refractivity contribution in [3.63, 3.8) is 0 Å². The van der Waals surface area contributed by atoms with Crippen LogP contribution < -0.4 is 0 Å². The van der Waals surface area contributed by atoms with Crippen LogP contribution >= 0.6 is 0 Å². The van der Waals surface area contributed by atoms with Crippen LogP contribution in [0, 0.1) is 0 Å². The van der Waals surface area contributed by atoms with Gasteiger partial charge in [-0.15, -0.1) is 0 Å². The Labute approximate surface area is 217 Å². The minimum atomic E-state index is -0.453. The molecule has 1 heterocycles. The summed E-state index contributed by atoms with van der Waals surface area (Å²) >= 11 is 0. The lowest BCUT2D eigenvalue weighted by molar-refractivity contribution is -0.128. The minimum Gasteiger partial charge on any atom is -0.390 e. The fraction of sp³-hybridized carbons (Fsp3) is 0.643. The van der Waals surface area contributed by atoms with Crippen molar-refractivity contribution in [1.29, 1.82) is 0 Å². The average molecular weight is 515 g/mol. The zero-order valence-electron chi connectivity index (χ0n) is 21.8. The van der Waals surface area contributed by atoms with Gasteiger partial charge in [0.25, 0.3) is 0 Å². The van der Waals surface area contributed by atoms with E-state index < -0.39 is 5.41 Å². The Balaban J connectivity index is 1.67. The van der Waals surface area contributed by atoms with E-state index in [1.54, 1.807) is 12.3 Å². The van der Waals surface area contributed by atoms with Gasteiger partial charge in [-0.05, 0) is 25.8 Å². The third-order valence-corrected chi connectivity index (χ3v) is 6.93. The first-order valence-corrected chi connectivity index (χ1v) is 13.1. The van der Waals surface area contributed by atoms with Gasteiger partial charge in [0.15, 0.2) is 0 Å². The molecule has 0 spiro atoms. The van der Waals surface area contributed by atoms with E-state index in [9.17, 15) is 33.9 Å². The van der Waals surface area contributed by atoms with Crippen molar-refractivity contribution < 1.29 is 33.9 Å². The summed E-state index contributed by atoms with van der Waals surface area (Å²) in [5, 5.41) is 9.39. The Morgan fingerprint density at radius 2 is 1.16 bits per heavy atom. The molecule has 0 aromatic carbocycles. The van der Waals surface area contributed by atoms with Gasteiger partial charge in [0.2, 0.25) is 0 Å². The molecule has 0 radical (unpaired) electrons. The maximum Gasteiger partial charge on any atom is 0.135 e. The largest absolute Gasteiger partial charge is 0.390 e. The average Bonchev–Trinajstić information content (AvgIpc) is 3.36. The number of carbonyl (C=O) groups excluding carboxylic acids is 6. The number of aromatic nitrogens is 2. The second-order valence-corrected chi connectivity index (χ2v) is 10.1. The summed E-state index contributed by atoms with van der Waals surface area (Å²) in [5.74, 6) is -0.207. The maximum absolute atomic E-state index is 12.7. The van der Waals surface area contributed by atoms with E-state index in [0.717, 1.165) is 25.7 Å². The van der Waals surface area contributed by atoms with Crippen molar-refractivity contribution in [2.24, 2.45) is 0 Å². The highest BCUT2D eigenvalue weighted by atomic mass is 16.3. The molecule has 0 saturated heterocycles. The molecule has 9 heteroatoms. The molecule has 1 N–H and O–H groups in total. The number of hydrogen-bond acceptors (Lipinski definition) is 9. The number of carbonyl (C=O) groups is 6. The first-order valence-electron chi connectivity index (χ1n) is 13.1. The van der Waals surface area contributed by atoms with Crippen molar-refractivity contribution in [2.75, 3.05) is 0 Å². The highest BCUT2D eigenvalue weighted by molar-refractivity contribution is 5.92. The fourth-order valence-corrected chi connectivity index (χ4v) is 4.67. The van der Waals surface area contributed by atoms with E-state index in [-0.39, 0.29) is 112 Å². The van der Waals surface area contributed by atoms with E-state index in [4.69, 9.17) is 0 Å². The number of Topliss-reactive ketones (excluding diaryl/α,β-unsaturated/α-hetero) is 6. The summed E-state index contributed by atoms with van der Waals surface area (Å²) in [6.07, 6.45) is 6.14. The molecule has 1 aromatic heterocycles. The predicted molar refractivity (Wildman–Crippen MR) is 135 cm³/mol. The van der Waals surface area contributed by atoms with E-state index >= 15 is 0 Å². The number of aliphatic hydroxyl groups is 1. The first-order chi connectivity index (χ1) is 17.6. The van der Waals surface area contributed by atoms with Crippen LogP contribution in [0.3, 0.4) is 0 Å². The van der Waals surface area contributed by atoms with Crippen LogP contribution in [0.15, 0.2) is 12.3 Å². The van der Waals surface area contributed by atoms with Crippen molar-refractivity contribution in [3.8, 4) is 0 Å². The van der Waals surface area contributed by atoms with Gasteiger partial charge in [-0.25, -0.2) is 9.97 Å². The number of aliphatic hydroxyl groups excluding tert-OH is 1. The Bertz CT molecular complexity index is 996. The van der Waals surface area contributed by atoms with Crippen molar-refractivity contribution >= 4 is 34.7 Å². The molecule has 1 aliphatic rings. The van der Waals surface area contributed by atoms with Crippen LogP contribution in [0.2, 0.25) is 0 Å². The lowest BCUT2D eigenvalue weighted by Gasteiger charge is -2.26. The number of hydrogen-bond donors (Lipinski definition) is 1. The normalized spacial score (nSPS) is 14.3. The number of rotatable bonds is 19. The molecule has 1 aromatic rings. The summed E-state index contributed by atoms with van der Waals surface area (Å²) in [6.45, 7) is 1.22. The second kappa shape index (κ2) is 15.3. The van der Waals surface area contributed by atoms with Gasteiger partial charge in [-0.1, -0.05) is 12.8 Å². The fourth-order valence-electron chi connectivity index (χ4n) is 4.67. The van der Waals surface area contributed by atoms with Crippen LogP contribution in [0.5, 0.6) is 0 Å². The van der Waals surface area contributed by atoms with Crippen LogP contribution in [0.4, 0.5) is 0 Å². The minimum absolute atomic E-state index is 0.0299. The lowest BCUT2D eigenvalue weighted by Crippen LogP contribution is -2.29. The zero-order chi connectivity index (χ0) is 27.3. The zero-order valence-corrected chi connectivity index (χ0v) is 21.8. The molecule has 1 fully saturated rings. The highest BCUT2D eigenvalue weighted by Crippen LogP contribution is 2.42. The second-order valence-electron chi connectivity index (χ2n) is 10.1. The van der Waals surface area contributed by atoms with E-state index in [0.29, 0.717) is 11.5 Å². The lowest BCUT2D eigenvalue weighted by atomic mass is 9.79. The van der Waals surface area contributed by atoms with Gasteiger partial charge in [-0.3, -0.25) is 24.0 Å². The van der Waals surface area contributed by atoms with Gasteiger partial charge < -0.3 is 9.90 Å². The van der Waals surface area contributed by atoms with Crippen LogP contribution in [-0.2, 0) is 40.8 Å². The monoisotopic (exact) mass is 514 g/mol. The van der Waals surface area contributed by atoms with Gasteiger partial charge in [-0.2, -0.15) is 0 Å². The SMILES string of the molecule is CC(=O)CCC(=O)CCC(=O)CCC(=O)CCC(=O)CCC(=O)CC1(c2nccc(CO)n2)CCCC1. The standard InChI is InChI=1S/C28H38N2O7/c1-20(32)4-5-22(33)6-7-23(34)8-9-24(35)10-11-25(36)12-13-26(37)18-28(15-2-3-16-28)27-29-17-14-21(19-31)30-27/h14,17,31H,2-13,15-16,18-19H2,1H3. The molecule has 1 aliphatic carbocycles. The third-order valence-electron chi connectivity index (χ3n) is 6.93. The van der Waals surface area contributed by atoms with Gasteiger partial charge >= 0.3 is 0 Å². The molecule has 0 aliphatic heterocycles. The predicted octanol–water partition coefficient (Wildman–Crippen LogP) is 3.51. The van der Waals surface area contributed by atoms with Gasteiger partial charge in [0.1, 0.15) is 40.5 Å². The Morgan fingerprint density at radius 3 is 1.59 bits per heavy atom. The van der Waals surface area contributed by atoms with Gasteiger partial charge in [0.05, 0.1) is 12.3 Å². The molecular weight excluding hydrogens is 476 g/mol. The first kappa shape index (κ1) is 30.3. The molecule has 0 amide bonds. The molecule has 202 valence electrons. The topological polar surface area (TPSA) is 148 Å². The van der Waals surface area contributed by atoms with Crippen LogP contribution in [0.25, 0.3) is 0 Å². The highest BCUT2D eigenvalue weighted by Gasteiger charge is 2.40. The maximum atomic E-state index is 12.7. The summed E-state index contributed by atoms with van der Waals surface area (Å²) in [5.41, 5.74) is 0.0645. The van der Waals surface area contributed by atoms with Crippen LogP contribution in [0.1, 0.15) is 115 Å². The Morgan fingerprint density at radius 1 is 0.730 bits per heavy atom. The molecule has 0 atom stereocenters. The molecule has 0 bridgehead atoms. The molecule has 37 heavy (non-hydrogen) atoms. The van der Waals surface area contributed by atoms with Crippen molar-refractivity contribution in [1.82, 2.24) is 9.97 Å². The summed E-state index contributed by atoms with van der Waals surface area (Å²) in [4.78, 5) is 80.3. The van der Waals surface area contributed by atoms with E-state index in [1.807, 2.05) is 0 Å². The summed E-state index contributed by atoms with van der Waals surface area (Å²) in [7, 11) is 0. The van der Waals surface area contributed by atoms with Crippen molar-refractivity contribution in [2.45, 2.75) is 115 Å². The Hall–Kier alpha value is -2.94. The molecule has 9 nitrogen and oxygen atoms in total. The molecule has 1 saturated carbocycles. The molecular formula is C28H38N2O7. The van der Waals surface area contributed by atoms with E-state index in [1.165, 1.54) is 6.92 Å². The van der Waals surface area contributed by atoms with Crippen LogP contribution in [-0.4, -0.2) is 49.8 Å². The smallest absolute Gasteiger partial charge is 0.135 e. The number of ketones is 6. The summed E-state index contributed by atoms with van der Waals surface area (Å²) < 4.78 is 0. The summed E-state index contributed by atoms with van der Waals surface area (Å²) in [6, 6.07) is 1.64. The van der Waals surface area contributed by atoms with Crippen molar-refractivity contribution in [3.05, 3.63) is 23.8 Å². The Kier molecular flexibility index (Phi) is 12.6. The number of nitrogens with zero attached hydrogens (tertiary/aromatic N) is 2. The molecule has 0 unspecified atom stereocenters.